The topological polar surface area (TPSA) is 55.6 Å². The molecule has 2 N–H and O–H groups in total. The first-order valence-corrected chi connectivity index (χ1v) is 6.45. The summed E-state index contributed by atoms with van der Waals surface area (Å²) in [6, 6.07) is 6.14. The number of halogens is 1. The van der Waals surface area contributed by atoms with E-state index in [9.17, 15) is 9.18 Å². The van der Waals surface area contributed by atoms with Crippen molar-refractivity contribution in [1.82, 2.24) is 4.90 Å². The molecule has 1 aliphatic rings. The van der Waals surface area contributed by atoms with Crippen LogP contribution in [-0.4, -0.2) is 36.6 Å². The van der Waals surface area contributed by atoms with Crippen molar-refractivity contribution in [2.75, 3.05) is 13.6 Å². The smallest absolute Gasteiger partial charge is 0.251 e. The Labute approximate surface area is 112 Å². The van der Waals surface area contributed by atoms with Gasteiger partial charge < -0.3 is 15.4 Å². The Kier molecular flexibility index (Phi) is 4.50. The SMILES string of the molecule is CN(Cc1ccc(F)cc1)C(=O)[C@@H]1CC[C@H](CN)O1. The number of rotatable bonds is 4. The first-order valence-electron chi connectivity index (χ1n) is 6.45. The van der Waals surface area contributed by atoms with Crippen LogP contribution < -0.4 is 5.73 Å². The minimum Gasteiger partial charge on any atom is -0.364 e. The van der Waals surface area contributed by atoms with Crippen LogP contribution in [0.15, 0.2) is 24.3 Å². The molecule has 1 fully saturated rings. The lowest BCUT2D eigenvalue weighted by Gasteiger charge is -2.21. The lowest BCUT2D eigenvalue weighted by molar-refractivity contribution is -0.141. The molecule has 2 atom stereocenters. The van der Waals surface area contributed by atoms with Gasteiger partial charge in [-0.1, -0.05) is 12.1 Å². The molecule has 1 aromatic carbocycles. The van der Waals surface area contributed by atoms with Crippen LogP contribution in [0.3, 0.4) is 0 Å². The summed E-state index contributed by atoms with van der Waals surface area (Å²) in [5, 5.41) is 0. The van der Waals surface area contributed by atoms with Crippen LogP contribution in [0, 0.1) is 5.82 Å². The summed E-state index contributed by atoms with van der Waals surface area (Å²) in [7, 11) is 1.73. The zero-order valence-corrected chi connectivity index (χ0v) is 11.0. The van der Waals surface area contributed by atoms with Gasteiger partial charge in [-0.3, -0.25) is 4.79 Å². The number of nitrogens with zero attached hydrogens (tertiary/aromatic N) is 1. The van der Waals surface area contributed by atoms with Crippen LogP contribution in [0.2, 0.25) is 0 Å². The van der Waals surface area contributed by atoms with Crippen molar-refractivity contribution in [3.8, 4) is 0 Å². The second kappa shape index (κ2) is 6.12. The van der Waals surface area contributed by atoms with Crippen LogP contribution in [0.5, 0.6) is 0 Å². The van der Waals surface area contributed by atoms with E-state index in [1.54, 1.807) is 24.1 Å². The summed E-state index contributed by atoms with van der Waals surface area (Å²) in [6.45, 7) is 0.901. The molecule has 0 aliphatic carbocycles. The number of carbonyl (C=O) groups is 1. The maximum absolute atomic E-state index is 12.8. The fourth-order valence-electron chi connectivity index (χ4n) is 2.25. The van der Waals surface area contributed by atoms with Crippen molar-refractivity contribution < 1.29 is 13.9 Å². The normalized spacial score (nSPS) is 22.5. The van der Waals surface area contributed by atoms with Crippen molar-refractivity contribution in [3.05, 3.63) is 35.6 Å². The number of hydrogen-bond acceptors (Lipinski definition) is 3. The average Bonchev–Trinajstić information content (AvgIpc) is 2.89. The number of amides is 1. The first kappa shape index (κ1) is 14.0. The second-order valence-corrected chi connectivity index (χ2v) is 4.88. The van der Waals surface area contributed by atoms with Gasteiger partial charge in [0, 0.05) is 20.1 Å². The van der Waals surface area contributed by atoms with E-state index in [0.717, 1.165) is 12.0 Å². The molecule has 1 aliphatic heterocycles. The lowest BCUT2D eigenvalue weighted by atomic mass is 10.1. The molecule has 1 heterocycles. The predicted molar refractivity (Wildman–Crippen MR) is 69.8 cm³/mol. The predicted octanol–water partition coefficient (Wildman–Crippen LogP) is 1.29. The van der Waals surface area contributed by atoms with Crippen LogP contribution in [0.4, 0.5) is 4.39 Å². The Balaban J connectivity index is 1.91. The summed E-state index contributed by atoms with van der Waals surface area (Å²) < 4.78 is 18.4. The van der Waals surface area contributed by atoms with E-state index in [4.69, 9.17) is 10.5 Å². The number of hydrogen-bond donors (Lipinski definition) is 1. The molecule has 1 saturated heterocycles. The molecule has 0 radical (unpaired) electrons. The molecular weight excluding hydrogens is 247 g/mol. The summed E-state index contributed by atoms with van der Waals surface area (Å²) in [5.41, 5.74) is 6.42. The van der Waals surface area contributed by atoms with Crippen LogP contribution in [-0.2, 0) is 16.1 Å². The fraction of sp³-hybridized carbons (Fsp3) is 0.500. The molecule has 1 aromatic rings. The van der Waals surface area contributed by atoms with E-state index >= 15 is 0 Å². The highest BCUT2D eigenvalue weighted by Gasteiger charge is 2.31. The molecule has 0 saturated carbocycles. The van der Waals surface area contributed by atoms with Gasteiger partial charge in [-0.15, -0.1) is 0 Å². The lowest BCUT2D eigenvalue weighted by Crippen LogP contribution is -2.36. The monoisotopic (exact) mass is 266 g/mol. The van der Waals surface area contributed by atoms with Crippen molar-refractivity contribution in [3.63, 3.8) is 0 Å². The summed E-state index contributed by atoms with van der Waals surface area (Å²) in [6.07, 6.45) is 1.15. The largest absolute Gasteiger partial charge is 0.364 e. The third-order valence-electron chi connectivity index (χ3n) is 3.36. The molecular formula is C14H19FN2O2. The standard InChI is InChI=1S/C14H19FN2O2/c1-17(9-10-2-4-11(15)5-3-10)14(18)13-7-6-12(8-16)19-13/h2-5,12-13H,6-9,16H2,1H3/t12-,13+/m1/s1. The number of likely N-dealkylation sites (N-methyl/N-ethyl adjacent to an activating group) is 1. The van der Waals surface area contributed by atoms with Gasteiger partial charge in [0.2, 0.25) is 0 Å². The van der Waals surface area contributed by atoms with Crippen LogP contribution >= 0.6 is 0 Å². The third-order valence-corrected chi connectivity index (χ3v) is 3.36. The molecule has 19 heavy (non-hydrogen) atoms. The highest BCUT2D eigenvalue weighted by molar-refractivity contribution is 5.80. The van der Waals surface area contributed by atoms with Crippen LogP contribution in [0.1, 0.15) is 18.4 Å². The van der Waals surface area contributed by atoms with Crippen molar-refractivity contribution in [2.24, 2.45) is 5.73 Å². The zero-order valence-electron chi connectivity index (χ0n) is 11.0. The van der Waals surface area contributed by atoms with Gasteiger partial charge in [0.1, 0.15) is 11.9 Å². The Bertz CT molecular complexity index is 436. The molecule has 1 amide bonds. The number of carbonyl (C=O) groups excluding carboxylic acids is 1. The van der Waals surface area contributed by atoms with E-state index in [1.807, 2.05) is 0 Å². The van der Waals surface area contributed by atoms with Crippen molar-refractivity contribution in [1.29, 1.82) is 0 Å². The van der Waals surface area contributed by atoms with Gasteiger partial charge in [-0.05, 0) is 30.5 Å². The Morgan fingerprint density at radius 2 is 2.11 bits per heavy atom. The molecule has 0 aromatic heterocycles. The van der Waals surface area contributed by atoms with Gasteiger partial charge in [0.05, 0.1) is 6.10 Å². The number of benzene rings is 1. The molecule has 4 nitrogen and oxygen atoms in total. The van der Waals surface area contributed by atoms with Crippen molar-refractivity contribution in [2.45, 2.75) is 31.6 Å². The Morgan fingerprint density at radius 3 is 2.68 bits per heavy atom. The summed E-state index contributed by atoms with van der Waals surface area (Å²) in [4.78, 5) is 13.8. The van der Waals surface area contributed by atoms with Gasteiger partial charge in [0.15, 0.2) is 0 Å². The Morgan fingerprint density at radius 1 is 1.42 bits per heavy atom. The second-order valence-electron chi connectivity index (χ2n) is 4.88. The zero-order chi connectivity index (χ0) is 13.8. The minimum atomic E-state index is -0.390. The van der Waals surface area contributed by atoms with Gasteiger partial charge in [-0.2, -0.15) is 0 Å². The molecule has 0 unspecified atom stereocenters. The van der Waals surface area contributed by atoms with Crippen LogP contribution in [0.25, 0.3) is 0 Å². The first-order chi connectivity index (χ1) is 9.10. The van der Waals surface area contributed by atoms with E-state index < -0.39 is 0 Å². The highest BCUT2D eigenvalue weighted by atomic mass is 19.1. The van der Waals surface area contributed by atoms with Gasteiger partial charge in [0.25, 0.3) is 5.91 Å². The molecule has 5 heteroatoms. The quantitative estimate of drug-likeness (QED) is 0.893. The highest BCUT2D eigenvalue weighted by Crippen LogP contribution is 2.21. The Hall–Kier alpha value is -1.46. The molecule has 104 valence electrons. The minimum absolute atomic E-state index is 0.00632. The average molecular weight is 266 g/mol. The van der Waals surface area contributed by atoms with E-state index in [2.05, 4.69) is 0 Å². The molecule has 0 bridgehead atoms. The molecule has 2 rings (SSSR count). The molecule has 0 spiro atoms. The number of nitrogens with two attached hydrogens (primary N) is 1. The summed E-state index contributed by atoms with van der Waals surface area (Å²) >= 11 is 0. The van der Waals surface area contributed by atoms with Gasteiger partial charge in [-0.25, -0.2) is 4.39 Å². The van der Waals surface area contributed by atoms with Gasteiger partial charge >= 0.3 is 0 Å². The maximum atomic E-state index is 12.8. The van der Waals surface area contributed by atoms with E-state index in [0.29, 0.717) is 19.5 Å². The maximum Gasteiger partial charge on any atom is 0.251 e. The number of ether oxygens (including phenoxy) is 1. The van der Waals surface area contributed by atoms with E-state index in [-0.39, 0.29) is 23.9 Å². The van der Waals surface area contributed by atoms with E-state index in [1.165, 1.54) is 12.1 Å². The third kappa shape index (κ3) is 3.52. The van der Waals surface area contributed by atoms with Crippen molar-refractivity contribution >= 4 is 5.91 Å². The fourth-order valence-corrected chi connectivity index (χ4v) is 2.25. The summed E-state index contributed by atoms with van der Waals surface area (Å²) in [5.74, 6) is -0.317.